The molecule has 3 rings (SSSR count). The minimum absolute atomic E-state index is 0.111. The molecule has 0 atom stereocenters. The molecule has 3 aromatic rings. The van der Waals surface area contributed by atoms with Gasteiger partial charge in [0.05, 0.1) is 11.3 Å². The zero-order valence-electron chi connectivity index (χ0n) is 15.3. The summed E-state index contributed by atoms with van der Waals surface area (Å²) in [6.07, 6.45) is 0. The van der Waals surface area contributed by atoms with Crippen LogP contribution in [0.4, 0.5) is 11.5 Å². The predicted molar refractivity (Wildman–Crippen MR) is 106 cm³/mol. The fourth-order valence-electron chi connectivity index (χ4n) is 2.38. The quantitative estimate of drug-likeness (QED) is 0.596. The van der Waals surface area contributed by atoms with Crippen LogP contribution in [-0.2, 0) is 9.53 Å². The van der Waals surface area contributed by atoms with E-state index in [0.717, 1.165) is 0 Å². The Labute approximate surface area is 170 Å². The van der Waals surface area contributed by atoms with Crippen molar-refractivity contribution in [3.63, 3.8) is 0 Å². The predicted octanol–water partition coefficient (Wildman–Crippen LogP) is 3.68. The number of hydrogen-bond acceptors (Lipinski definition) is 6. The van der Waals surface area contributed by atoms with E-state index in [-0.39, 0.29) is 17.1 Å². The number of rotatable bonds is 6. The molecule has 0 radical (unpaired) electrons. The van der Waals surface area contributed by atoms with Gasteiger partial charge in [0.25, 0.3) is 11.8 Å². The van der Waals surface area contributed by atoms with Crippen molar-refractivity contribution in [2.45, 2.75) is 6.92 Å². The minimum Gasteiger partial charge on any atom is -0.452 e. The summed E-state index contributed by atoms with van der Waals surface area (Å²) < 4.78 is 9.87. The first-order valence-electron chi connectivity index (χ1n) is 8.48. The molecule has 0 fully saturated rings. The van der Waals surface area contributed by atoms with Crippen LogP contribution >= 0.6 is 11.6 Å². The summed E-state index contributed by atoms with van der Waals surface area (Å²) in [7, 11) is 0. The van der Waals surface area contributed by atoms with Gasteiger partial charge in [-0.3, -0.25) is 9.59 Å². The Balaban J connectivity index is 1.62. The maximum Gasteiger partial charge on any atom is 0.340 e. The molecule has 1 heterocycles. The number of hydrogen-bond donors (Lipinski definition) is 2. The van der Waals surface area contributed by atoms with E-state index in [9.17, 15) is 14.4 Å². The molecule has 0 aliphatic heterocycles. The minimum atomic E-state index is -0.761. The summed E-state index contributed by atoms with van der Waals surface area (Å²) in [4.78, 5) is 36.7. The highest BCUT2D eigenvalue weighted by Gasteiger charge is 2.17. The van der Waals surface area contributed by atoms with Crippen molar-refractivity contribution in [2.24, 2.45) is 0 Å². The van der Waals surface area contributed by atoms with Gasteiger partial charge in [-0.15, -0.1) is 0 Å². The number of ether oxygens (including phenoxy) is 1. The van der Waals surface area contributed by atoms with Crippen molar-refractivity contribution in [1.82, 2.24) is 5.16 Å². The van der Waals surface area contributed by atoms with E-state index in [0.29, 0.717) is 16.3 Å². The maximum atomic E-state index is 12.4. The Kier molecular flexibility index (Phi) is 6.25. The zero-order chi connectivity index (χ0) is 20.8. The van der Waals surface area contributed by atoms with Gasteiger partial charge in [0.15, 0.2) is 12.4 Å². The normalized spacial score (nSPS) is 10.3. The number of amides is 2. The first-order chi connectivity index (χ1) is 13.9. The van der Waals surface area contributed by atoms with Gasteiger partial charge in [-0.1, -0.05) is 28.9 Å². The van der Waals surface area contributed by atoms with Crippen molar-refractivity contribution < 1.29 is 23.6 Å². The van der Waals surface area contributed by atoms with E-state index in [1.54, 1.807) is 49.4 Å². The number of aryl methyl sites for hydroxylation is 1. The zero-order valence-corrected chi connectivity index (χ0v) is 16.0. The number of halogens is 1. The number of carbonyl (C=O) groups is 3. The van der Waals surface area contributed by atoms with Gasteiger partial charge in [0.2, 0.25) is 0 Å². The van der Waals surface area contributed by atoms with Crippen LogP contribution < -0.4 is 10.6 Å². The molecule has 0 aliphatic rings. The molecular weight excluding hydrogens is 398 g/mol. The number of nitrogens with one attached hydrogen (secondary N) is 2. The van der Waals surface area contributed by atoms with E-state index in [2.05, 4.69) is 15.8 Å². The smallest absolute Gasteiger partial charge is 0.340 e. The lowest BCUT2D eigenvalue weighted by atomic mass is 10.1. The second-order valence-electron chi connectivity index (χ2n) is 5.95. The van der Waals surface area contributed by atoms with Gasteiger partial charge in [0.1, 0.15) is 5.76 Å². The third-order valence-electron chi connectivity index (χ3n) is 3.73. The molecule has 0 bridgehead atoms. The summed E-state index contributed by atoms with van der Waals surface area (Å²) in [6.45, 7) is 1.15. The number of para-hydroxylation sites is 1. The Bertz CT molecular complexity index is 1050. The highest BCUT2D eigenvalue weighted by molar-refractivity contribution is 6.30. The van der Waals surface area contributed by atoms with E-state index >= 15 is 0 Å². The van der Waals surface area contributed by atoms with Crippen LogP contribution in [-0.4, -0.2) is 29.5 Å². The average Bonchev–Trinajstić information content (AvgIpc) is 3.11. The SMILES string of the molecule is Cc1cc(NC(=O)COC(=O)c2ccccc2NC(=O)c2ccc(Cl)cc2)no1. The molecule has 29 heavy (non-hydrogen) atoms. The molecule has 9 heteroatoms. The van der Waals surface area contributed by atoms with Gasteiger partial charge in [-0.05, 0) is 43.3 Å². The molecular formula is C20H16ClN3O5. The average molecular weight is 414 g/mol. The molecule has 0 saturated heterocycles. The lowest BCUT2D eigenvalue weighted by Crippen LogP contribution is -2.22. The van der Waals surface area contributed by atoms with Crippen LogP contribution in [0.25, 0.3) is 0 Å². The van der Waals surface area contributed by atoms with E-state index < -0.39 is 24.4 Å². The molecule has 2 N–H and O–H groups in total. The summed E-state index contributed by atoms with van der Waals surface area (Å²) in [5.41, 5.74) is 0.740. The molecule has 1 aromatic heterocycles. The molecule has 0 spiro atoms. The van der Waals surface area contributed by atoms with E-state index in [4.69, 9.17) is 20.9 Å². The lowest BCUT2D eigenvalue weighted by Gasteiger charge is -2.11. The summed E-state index contributed by atoms with van der Waals surface area (Å²) >= 11 is 5.82. The Hall–Kier alpha value is -3.65. The number of benzene rings is 2. The Morgan fingerprint density at radius 2 is 1.79 bits per heavy atom. The fraction of sp³-hybridized carbons (Fsp3) is 0.100. The molecule has 0 aliphatic carbocycles. The molecule has 2 amide bonds. The van der Waals surface area contributed by atoms with Crippen LogP contribution in [0.1, 0.15) is 26.5 Å². The second kappa shape index (κ2) is 9.03. The highest BCUT2D eigenvalue weighted by Crippen LogP contribution is 2.18. The van der Waals surface area contributed by atoms with Crippen LogP contribution in [0.3, 0.4) is 0 Å². The molecule has 0 saturated carbocycles. The Morgan fingerprint density at radius 1 is 1.07 bits per heavy atom. The second-order valence-corrected chi connectivity index (χ2v) is 6.39. The van der Waals surface area contributed by atoms with Crippen molar-refractivity contribution in [1.29, 1.82) is 0 Å². The Morgan fingerprint density at radius 3 is 2.48 bits per heavy atom. The van der Waals surface area contributed by atoms with E-state index in [1.807, 2.05) is 0 Å². The van der Waals surface area contributed by atoms with Gasteiger partial charge < -0.3 is 19.9 Å². The van der Waals surface area contributed by atoms with Gasteiger partial charge in [-0.25, -0.2) is 4.79 Å². The van der Waals surface area contributed by atoms with Crippen LogP contribution in [0.5, 0.6) is 0 Å². The van der Waals surface area contributed by atoms with Gasteiger partial charge >= 0.3 is 5.97 Å². The monoisotopic (exact) mass is 413 g/mol. The highest BCUT2D eigenvalue weighted by atomic mass is 35.5. The van der Waals surface area contributed by atoms with Gasteiger partial charge in [0, 0.05) is 16.7 Å². The summed E-state index contributed by atoms with van der Waals surface area (Å²) in [5.74, 6) is -0.999. The standard InChI is InChI=1S/C20H16ClN3O5/c1-12-10-17(24-29-12)23-18(25)11-28-20(27)15-4-2-3-5-16(15)22-19(26)13-6-8-14(21)9-7-13/h2-10H,11H2,1H3,(H,22,26)(H,23,24,25). The number of carbonyl (C=O) groups excluding carboxylic acids is 3. The van der Waals surface area contributed by atoms with Crippen LogP contribution in [0.2, 0.25) is 5.02 Å². The fourth-order valence-corrected chi connectivity index (χ4v) is 2.50. The molecule has 2 aromatic carbocycles. The van der Waals surface area contributed by atoms with Crippen molar-refractivity contribution in [3.8, 4) is 0 Å². The van der Waals surface area contributed by atoms with Crippen molar-refractivity contribution in [3.05, 3.63) is 76.5 Å². The number of nitrogens with zero attached hydrogens (tertiary/aromatic N) is 1. The van der Waals surface area contributed by atoms with Crippen molar-refractivity contribution >= 4 is 40.9 Å². The molecule has 148 valence electrons. The number of esters is 1. The lowest BCUT2D eigenvalue weighted by molar-refractivity contribution is -0.119. The van der Waals surface area contributed by atoms with Gasteiger partial charge in [-0.2, -0.15) is 0 Å². The van der Waals surface area contributed by atoms with E-state index in [1.165, 1.54) is 12.1 Å². The largest absolute Gasteiger partial charge is 0.452 e. The van der Waals surface area contributed by atoms with Crippen LogP contribution in [0.15, 0.2) is 59.1 Å². The topological polar surface area (TPSA) is 111 Å². The first-order valence-corrected chi connectivity index (χ1v) is 8.86. The van der Waals surface area contributed by atoms with Crippen LogP contribution in [0, 0.1) is 6.92 Å². The third kappa shape index (κ3) is 5.43. The maximum absolute atomic E-state index is 12.4. The number of anilines is 2. The first kappa shape index (κ1) is 20.1. The summed E-state index contributed by atoms with van der Waals surface area (Å²) in [5, 5.41) is 9.22. The summed E-state index contributed by atoms with van der Waals surface area (Å²) in [6, 6.07) is 14.2. The third-order valence-corrected chi connectivity index (χ3v) is 3.98. The molecule has 8 nitrogen and oxygen atoms in total. The van der Waals surface area contributed by atoms with Crippen molar-refractivity contribution in [2.75, 3.05) is 17.2 Å². The number of aromatic nitrogens is 1. The molecule has 0 unspecified atom stereocenters.